The highest BCUT2D eigenvalue weighted by atomic mass is 19.1. The van der Waals surface area contributed by atoms with Gasteiger partial charge in [0.25, 0.3) is 0 Å². The number of halogens is 1. The van der Waals surface area contributed by atoms with Gasteiger partial charge < -0.3 is 29.3 Å². The van der Waals surface area contributed by atoms with Gasteiger partial charge in [-0.3, -0.25) is 19.4 Å². The number of aliphatic hydroxyl groups excluding tert-OH is 1. The van der Waals surface area contributed by atoms with Crippen LogP contribution in [0.1, 0.15) is 45.6 Å². The van der Waals surface area contributed by atoms with Crippen molar-refractivity contribution in [2.45, 2.75) is 52.2 Å². The molecule has 1 N–H and O–H groups in total. The van der Waals surface area contributed by atoms with Gasteiger partial charge in [-0.05, 0) is 68.5 Å². The number of anilines is 1. The van der Waals surface area contributed by atoms with E-state index >= 15 is 4.39 Å². The molecule has 1 aromatic carbocycles. The van der Waals surface area contributed by atoms with Crippen molar-refractivity contribution in [2.24, 2.45) is 17.8 Å². The predicted octanol–water partition coefficient (Wildman–Crippen LogP) is 3.68. The number of benzene rings is 1. The molecule has 0 aromatic heterocycles. The number of hydrogen-bond donors (Lipinski definition) is 1. The van der Waals surface area contributed by atoms with Gasteiger partial charge in [0.05, 0.1) is 25.2 Å². The molecule has 1 aromatic rings. The average Bonchev–Trinajstić information content (AvgIpc) is 3.47. The van der Waals surface area contributed by atoms with E-state index in [4.69, 9.17) is 9.47 Å². The monoisotopic (exact) mass is 711 g/mol. The summed E-state index contributed by atoms with van der Waals surface area (Å²) in [6.45, 7) is 13.5. The first-order chi connectivity index (χ1) is 24.4. The van der Waals surface area contributed by atoms with E-state index in [1.165, 1.54) is 12.1 Å². The smallest absolute Gasteiger partial charge is 0.410 e. The maximum atomic E-state index is 15.1. The Balaban J connectivity index is 1.34. The van der Waals surface area contributed by atoms with Gasteiger partial charge in [0.15, 0.2) is 0 Å². The second-order valence-electron chi connectivity index (χ2n) is 14.6. The molecule has 280 valence electrons. The highest BCUT2D eigenvalue weighted by molar-refractivity contribution is 6.38. The predicted molar refractivity (Wildman–Crippen MR) is 192 cm³/mol. The van der Waals surface area contributed by atoms with Gasteiger partial charge in [0.1, 0.15) is 11.9 Å². The first-order valence-electron chi connectivity index (χ1n) is 18.3. The summed E-state index contributed by atoms with van der Waals surface area (Å²) >= 11 is 0. The highest BCUT2D eigenvalue weighted by Gasteiger charge is 2.34. The quantitative estimate of drug-likeness (QED) is 0.334. The lowest BCUT2D eigenvalue weighted by Gasteiger charge is -2.33. The molecule has 0 saturated carbocycles. The van der Waals surface area contributed by atoms with Crippen LogP contribution in [0.2, 0.25) is 0 Å². The van der Waals surface area contributed by atoms with Gasteiger partial charge in [-0.2, -0.15) is 0 Å². The molecule has 1 aliphatic carbocycles. The number of carbonyl (C=O) groups is 4. The Morgan fingerprint density at radius 3 is 2.41 bits per heavy atom. The number of piperazine rings is 1. The number of allylic oxidation sites excluding steroid dienone is 2. The number of likely N-dealkylation sites (N-methyl/N-ethyl adjacent to an activating group) is 1. The first kappa shape index (κ1) is 38.6. The van der Waals surface area contributed by atoms with E-state index in [0.29, 0.717) is 69.2 Å². The van der Waals surface area contributed by atoms with Crippen LogP contribution in [0.5, 0.6) is 0 Å². The number of nitrogens with zero attached hydrogens (tertiary/aromatic N) is 5. The zero-order valence-electron chi connectivity index (χ0n) is 30.5. The molecule has 3 amide bonds. The normalized spacial score (nSPS) is 28.8. The number of aliphatic hydroxyl groups is 1. The maximum Gasteiger partial charge on any atom is 0.410 e. The van der Waals surface area contributed by atoms with Gasteiger partial charge in [0, 0.05) is 77.6 Å². The molecule has 0 unspecified atom stereocenters. The minimum atomic E-state index is -1.02. The molecule has 12 nitrogen and oxygen atoms in total. The third-order valence-corrected chi connectivity index (χ3v) is 10.6. The maximum absolute atomic E-state index is 15.1. The Morgan fingerprint density at radius 1 is 0.961 bits per heavy atom. The molecule has 5 rings (SSSR count). The van der Waals surface area contributed by atoms with Crippen LogP contribution in [-0.2, 0) is 19.1 Å². The van der Waals surface area contributed by atoms with E-state index in [-0.39, 0.29) is 24.8 Å². The number of Topliss-reactive ketones (excluding diaryl/α,β-unsaturated/α-hetero) is 2. The first-order valence-corrected chi connectivity index (χ1v) is 18.3. The largest absolute Gasteiger partial charge is 0.442 e. The molecule has 5 atom stereocenters. The summed E-state index contributed by atoms with van der Waals surface area (Å²) in [6, 6.07) is 4.20. The van der Waals surface area contributed by atoms with E-state index in [0.717, 1.165) is 32.7 Å². The third-order valence-electron chi connectivity index (χ3n) is 10.6. The summed E-state index contributed by atoms with van der Waals surface area (Å²) in [4.78, 5) is 62.8. The number of hydrogen-bond acceptors (Lipinski definition) is 9. The SMILES string of the molecule is C/C(=C\c1cc(F)cc(N2CCN(CCN3CCOCC3)C2=O)c1)[C@H]1C(=O)C(=O)C[C@H](O)CC[C@H](C)[C@@H](OC(=O)N2CCN(C)CC2)/C=C/[C@@H]1C. The number of carbonyl (C=O) groups excluding carboxylic acids is 4. The van der Waals surface area contributed by atoms with Crippen molar-refractivity contribution in [3.63, 3.8) is 0 Å². The summed E-state index contributed by atoms with van der Waals surface area (Å²) < 4.78 is 26.5. The fourth-order valence-corrected chi connectivity index (χ4v) is 7.30. The zero-order valence-corrected chi connectivity index (χ0v) is 30.5. The van der Waals surface area contributed by atoms with E-state index in [1.54, 1.807) is 39.8 Å². The molecule has 3 aliphatic heterocycles. The highest BCUT2D eigenvalue weighted by Crippen LogP contribution is 2.31. The molecule has 4 aliphatic rings. The summed E-state index contributed by atoms with van der Waals surface area (Å²) in [7, 11) is 2.01. The standard InChI is InChI=1S/C38H54FN5O7/c1-26-5-7-32(45)25-33(46)36(47)35(27(2)6-8-34(26)51-38(49)43-12-9-40(4)10-13-43)28(3)21-29-22-30(39)24-31(23-29)44-16-15-42(37(44)48)14-11-41-17-19-50-20-18-41/h6,8,21-24,26-27,32,34-35,45H,5,7,9-20,25H2,1-4H3/b8-6+,28-21+/t26-,27-,32+,34-,35-/m0/s1. The van der Waals surface area contributed by atoms with E-state index in [9.17, 15) is 24.3 Å². The van der Waals surface area contributed by atoms with Gasteiger partial charge >= 0.3 is 12.1 Å². The van der Waals surface area contributed by atoms with Crippen LogP contribution in [0.15, 0.2) is 35.9 Å². The molecular formula is C38H54FN5O7. The summed E-state index contributed by atoms with van der Waals surface area (Å²) in [5.74, 6) is -3.36. The molecule has 0 spiro atoms. The molecule has 3 saturated heterocycles. The van der Waals surface area contributed by atoms with Crippen LogP contribution < -0.4 is 4.90 Å². The summed E-state index contributed by atoms with van der Waals surface area (Å²) in [5, 5.41) is 10.7. The molecule has 3 fully saturated rings. The second kappa shape index (κ2) is 17.7. The van der Waals surface area contributed by atoms with Crippen LogP contribution >= 0.6 is 0 Å². The number of amides is 3. The van der Waals surface area contributed by atoms with Gasteiger partial charge in [-0.25, -0.2) is 14.0 Å². The van der Waals surface area contributed by atoms with Crippen LogP contribution in [0.3, 0.4) is 0 Å². The average molecular weight is 712 g/mol. The van der Waals surface area contributed by atoms with Crippen LogP contribution in [-0.4, -0.2) is 146 Å². The number of ketones is 2. The topological polar surface area (TPSA) is 123 Å². The lowest BCUT2D eigenvalue weighted by Crippen LogP contribution is -2.48. The fraction of sp³-hybridized carbons (Fsp3) is 0.632. The lowest BCUT2D eigenvalue weighted by atomic mass is 9.80. The van der Waals surface area contributed by atoms with E-state index in [2.05, 4.69) is 9.80 Å². The Hall–Kier alpha value is -3.65. The minimum absolute atomic E-state index is 0.144. The Bertz CT molecular complexity index is 1470. The van der Waals surface area contributed by atoms with E-state index in [1.807, 2.05) is 27.0 Å². The van der Waals surface area contributed by atoms with Crippen LogP contribution in [0.25, 0.3) is 6.08 Å². The Kier molecular flexibility index (Phi) is 13.4. The van der Waals surface area contributed by atoms with Crippen LogP contribution in [0.4, 0.5) is 19.7 Å². The Labute approximate surface area is 300 Å². The number of urea groups is 1. The van der Waals surface area contributed by atoms with Gasteiger partial charge in [-0.1, -0.05) is 31.6 Å². The Morgan fingerprint density at radius 2 is 1.69 bits per heavy atom. The van der Waals surface area contributed by atoms with Crippen molar-refractivity contribution < 1.29 is 38.1 Å². The van der Waals surface area contributed by atoms with Crippen molar-refractivity contribution in [3.05, 3.63) is 47.3 Å². The van der Waals surface area contributed by atoms with Gasteiger partial charge in [0.2, 0.25) is 11.6 Å². The van der Waals surface area contributed by atoms with Crippen molar-refractivity contribution in [3.8, 4) is 0 Å². The molecule has 51 heavy (non-hydrogen) atoms. The van der Waals surface area contributed by atoms with E-state index < -0.39 is 47.5 Å². The molecule has 0 bridgehead atoms. The number of ether oxygens (including phenoxy) is 2. The van der Waals surface area contributed by atoms with Crippen molar-refractivity contribution in [2.75, 3.05) is 90.6 Å². The second-order valence-corrected chi connectivity index (χ2v) is 14.6. The third kappa shape index (κ3) is 10.2. The van der Waals surface area contributed by atoms with Crippen molar-refractivity contribution in [1.82, 2.24) is 19.6 Å². The molecule has 3 heterocycles. The summed E-state index contributed by atoms with van der Waals surface area (Å²) in [6.07, 6.45) is 3.74. The van der Waals surface area contributed by atoms with Crippen molar-refractivity contribution >= 4 is 35.5 Å². The number of rotatable bonds is 7. The zero-order chi connectivity index (χ0) is 36.7. The molecular weight excluding hydrogens is 657 g/mol. The summed E-state index contributed by atoms with van der Waals surface area (Å²) in [5.41, 5.74) is 1.41. The minimum Gasteiger partial charge on any atom is -0.442 e. The van der Waals surface area contributed by atoms with Crippen LogP contribution in [0, 0.1) is 23.6 Å². The van der Waals surface area contributed by atoms with Crippen molar-refractivity contribution in [1.29, 1.82) is 0 Å². The molecule has 0 radical (unpaired) electrons. The van der Waals surface area contributed by atoms with Gasteiger partial charge in [-0.15, -0.1) is 0 Å². The number of morpholine rings is 1. The fourth-order valence-electron chi connectivity index (χ4n) is 7.30. The lowest BCUT2D eigenvalue weighted by molar-refractivity contribution is -0.140. The molecule has 13 heteroatoms.